The fourth-order valence-corrected chi connectivity index (χ4v) is 4.53. The van der Waals surface area contributed by atoms with Crippen molar-refractivity contribution in [3.63, 3.8) is 0 Å². The molecule has 2 fully saturated rings. The molecule has 3 amide bonds. The summed E-state index contributed by atoms with van der Waals surface area (Å²) in [6.45, 7) is 1.73. The summed E-state index contributed by atoms with van der Waals surface area (Å²) < 4.78 is 4.92. The zero-order valence-corrected chi connectivity index (χ0v) is 14.6. The number of anilines is 2. The van der Waals surface area contributed by atoms with Crippen LogP contribution in [0.2, 0.25) is 0 Å². The van der Waals surface area contributed by atoms with Crippen LogP contribution >= 0.6 is 0 Å². The van der Waals surface area contributed by atoms with Crippen molar-refractivity contribution in [1.29, 1.82) is 0 Å². The summed E-state index contributed by atoms with van der Waals surface area (Å²) in [5.41, 5.74) is 0.910. The molecule has 7 nitrogen and oxygen atoms in total. The molecule has 0 radical (unpaired) electrons. The Morgan fingerprint density at radius 1 is 1.11 bits per heavy atom. The normalized spacial score (nSPS) is 28.1. The highest BCUT2D eigenvalue weighted by Gasteiger charge is 2.59. The first-order chi connectivity index (χ1) is 13.0. The molecule has 27 heavy (non-hydrogen) atoms. The van der Waals surface area contributed by atoms with Crippen molar-refractivity contribution in [3.05, 3.63) is 53.8 Å². The van der Waals surface area contributed by atoms with Crippen LogP contribution in [0.3, 0.4) is 0 Å². The minimum absolute atomic E-state index is 0.128. The summed E-state index contributed by atoms with van der Waals surface area (Å²) in [6, 6.07) is 8.08. The lowest BCUT2D eigenvalue weighted by molar-refractivity contribution is -0.123. The number of nitrogens with one attached hydrogen (secondary N) is 1. The Kier molecular flexibility index (Phi) is 3.34. The zero-order valence-electron chi connectivity index (χ0n) is 14.6. The Balaban J connectivity index is 1.36. The molecule has 1 saturated carbocycles. The van der Waals surface area contributed by atoms with Crippen LogP contribution < -0.4 is 10.2 Å². The van der Waals surface area contributed by atoms with E-state index in [1.165, 1.54) is 4.90 Å². The molecule has 1 aliphatic heterocycles. The van der Waals surface area contributed by atoms with Crippen molar-refractivity contribution in [2.45, 2.75) is 13.3 Å². The van der Waals surface area contributed by atoms with E-state index in [-0.39, 0.29) is 41.4 Å². The van der Waals surface area contributed by atoms with Crippen molar-refractivity contribution < 1.29 is 18.9 Å². The molecule has 5 rings (SSSR count). The van der Waals surface area contributed by atoms with Crippen LogP contribution in [0.25, 0.3) is 0 Å². The van der Waals surface area contributed by atoms with Gasteiger partial charge in [-0.3, -0.25) is 19.3 Å². The maximum atomic E-state index is 12.8. The van der Waals surface area contributed by atoms with Gasteiger partial charge in [-0.05, 0) is 49.4 Å². The van der Waals surface area contributed by atoms with Crippen LogP contribution in [0.5, 0.6) is 0 Å². The van der Waals surface area contributed by atoms with E-state index in [4.69, 9.17) is 4.52 Å². The van der Waals surface area contributed by atoms with Gasteiger partial charge in [-0.1, -0.05) is 17.3 Å². The highest BCUT2D eigenvalue weighted by atomic mass is 16.5. The molecule has 1 aromatic carbocycles. The predicted octanol–water partition coefficient (Wildman–Crippen LogP) is 2.55. The first kappa shape index (κ1) is 16.0. The van der Waals surface area contributed by atoms with E-state index in [0.29, 0.717) is 22.8 Å². The summed E-state index contributed by atoms with van der Waals surface area (Å²) in [4.78, 5) is 39.2. The van der Waals surface area contributed by atoms with Gasteiger partial charge in [0.15, 0.2) is 5.82 Å². The molecule has 7 heteroatoms. The molecule has 2 aromatic rings. The number of rotatable bonds is 3. The van der Waals surface area contributed by atoms with Gasteiger partial charge in [0.05, 0.1) is 17.5 Å². The summed E-state index contributed by atoms with van der Waals surface area (Å²) in [5, 5.41) is 6.36. The van der Waals surface area contributed by atoms with Gasteiger partial charge < -0.3 is 9.84 Å². The number of carbonyl (C=O) groups excluding carboxylic acids is 3. The molecular weight excluding hydrogens is 346 g/mol. The maximum absolute atomic E-state index is 12.8. The molecule has 3 aliphatic rings. The molecule has 1 aromatic heterocycles. The second-order valence-corrected chi connectivity index (χ2v) is 7.34. The third-order valence-electron chi connectivity index (χ3n) is 5.73. The van der Waals surface area contributed by atoms with Crippen molar-refractivity contribution in [3.8, 4) is 0 Å². The lowest BCUT2D eigenvalue weighted by Crippen LogP contribution is -2.32. The largest absolute Gasteiger partial charge is 0.360 e. The Hall–Kier alpha value is -3.22. The minimum atomic E-state index is -0.340. The lowest BCUT2D eigenvalue weighted by atomic mass is 9.85. The average molecular weight is 363 g/mol. The molecule has 1 N–H and O–H groups in total. The van der Waals surface area contributed by atoms with E-state index >= 15 is 0 Å². The smallest absolute Gasteiger partial charge is 0.256 e. The Morgan fingerprint density at radius 3 is 2.30 bits per heavy atom. The zero-order chi connectivity index (χ0) is 18.7. The van der Waals surface area contributed by atoms with Crippen molar-refractivity contribution >= 4 is 29.2 Å². The van der Waals surface area contributed by atoms with Crippen molar-refractivity contribution in [2.24, 2.45) is 23.7 Å². The van der Waals surface area contributed by atoms with Gasteiger partial charge in [0.25, 0.3) is 5.91 Å². The molecule has 0 unspecified atom stereocenters. The molecule has 2 bridgehead atoms. The summed E-state index contributed by atoms with van der Waals surface area (Å²) >= 11 is 0. The highest BCUT2D eigenvalue weighted by molar-refractivity contribution is 6.23. The van der Waals surface area contributed by atoms with E-state index in [1.54, 1.807) is 37.3 Å². The number of benzene rings is 1. The number of amides is 3. The third kappa shape index (κ3) is 2.34. The molecule has 0 spiro atoms. The van der Waals surface area contributed by atoms with Gasteiger partial charge in [-0.2, -0.15) is 0 Å². The first-order valence-electron chi connectivity index (χ1n) is 8.94. The highest BCUT2D eigenvalue weighted by Crippen LogP contribution is 2.53. The standard InChI is InChI=1S/C20H17N3O4/c1-10-8-15(22-27-10)21-18(24)11-4-6-14(7-5-11)23-19(25)16-12-2-3-13(9-12)17(16)20(23)26/h2-8,12-13,16-17H,9H2,1H3,(H,21,22,24)/t12-,13+,16-,17+. The number of allylic oxidation sites excluding steroid dienone is 2. The van der Waals surface area contributed by atoms with Gasteiger partial charge >= 0.3 is 0 Å². The summed E-state index contributed by atoms with van der Waals surface area (Å²) in [7, 11) is 0. The third-order valence-corrected chi connectivity index (χ3v) is 5.73. The number of fused-ring (bicyclic) bond motifs is 5. The number of aromatic nitrogens is 1. The van der Waals surface area contributed by atoms with Gasteiger partial charge in [0.2, 0.25) is 11.8 Å². The average Bonchev–Trinajstić information content (AvgIpc) is 3.41. The van der Waals surface area contributed by atoms with Crippen LogP contribution in [-0.2, 0) is 9.59 Å². The topological polar surface area (TPSA) is 92.5 Å². The number of aryl methyl sites for hydroxylation is 1. The fraction of sp³-hybridized carbons (Fsp3) is 0.300. The first-order valence-corrected chi connectivity index (χ1v) is 8.94. The van der Waals surface area contributed by atoms with E-state index < -0.39 is 0 Å². The van der Waals surface area contributed by atoms with E-state index in [9.17, 15) is 14.4 Å². The number of imide groups is 1. The number of hydrogen-bond donors (Lipinski definition) is 1. The molecule has 2 aliphatic carbocycles. The van der Waals surface area contributed by atoms with Crippen LogP contribution in [0.15, 0.2) is 47.0 Å². The Labute approximate surface area is 155 Å². The van der Waals surface area contributed by atoms with Crippen LogP contribution in [0.4, 0.5) is 11.5 Å². The molecule has 4 atom stereocenters. The van der Waals surface area contributed by atoms with Gasteiger partial charge in [0.1, 0.15) is 5.76 Å². The van der Waals surface area contributed by atoms with Crippen LogP contribution in [0.1, 0.15) is 22.5 Å². The number of carbonyl (C=O) groups is 3. The molecular formula is C20H17N3O4. The minimum Gasteiger partial charge on any atom is -0.360 e. The number of nitrogens with zero attached hydrogens (tertiary/aromatic N) is 2. The molecule has 136 valence electrons. The summed E-state index contributed by atoms with van der Waals surface area (Å²) in [5.74, 6) is 0.233. The molecule has 2 heterocycles. The second kappa shape index (κ2) is 5.64. The fourth-order valence-electron chi connectivity index (χ4n) is 4.53. The summed E-state index contributed by atoms with van der Waals surface area (Å²) in [6.07, 6.45) is 5.04. The quantitative estimate of drug-likeness (QED) is 0.668. The SMILES string of the molecule is Cc1cc(NC(=O)c2ccc(N3C(=O)[C@@H]4[C@H](C3=O)[C@@H]3C=C[C@H]4C3)cc2)no1. The number of hydrogen-bond acceptors (Lipinski definition) is 5. The lowest BCUT2D eigenvalue weighted by Gasteiger charge is -2.17. The van der Waals surface area contributed by atoms with Gasteiger partial charge in [0, 0.05) is 11.6 Å². The second-order valence-electron chi connectivity index (χ2n) is 7.34. The Morgan fingerprint density at radius 2 is 1.74 bits per heavy atom. The van der Waals surface area contributed by atoms with Crippen molar-refractivity contribution in [2.75, 3.05) is 10.2 Å². The maximum Gasteiger partial charge on any atom is 0.256 e. The monoisotopic (exact) mass is 363 g/mol. The van der Waals surface area contributed by atoms with Crippen molar-refractivity contribution in [1.82, 2.24) is 5.16 Å². The predicted molar refractivity (Wildman–Crippen MR) is 95.8 cm³/mol. The van der Waals surface area contributed by atoms with Gasteiger partial charge in [-0.15, -0.1) is 0 Å². The van der Waals surface area contributed by atoms with Crippen LogP contribution in [0, 0.1) is 30.6 Å². The van der Waals surface area contributed by atoms with Crippen LogP contribution in [-0.4, -0.2) is 22.9 Å². The molecule has 1 saturated heterocycles. The Bertz CT molecular complexity index is 961. The van der Waals surface area contributed by atoms with E-state index in [1.807, 2.05) is 0 Å². The van der Waals surface area contributed by atoms with Gasteiger partial charge in [-0.25, -0.2) is 0 Å². The van der Waals surface area contributed by atoms with E-state index in [2.05, 4.69) is 22.6 Å². The van der Waals surface area contributed by atoms with E-state index in [0.717, 1.165) is 6.42 Å².